The van der Waals surface area contributed by atoms with Gasteiger partial charge in [-0.15, -0.1) is 24.0 Å². The quantitative estimate of drug-likeness (QED) is 0.389. The molecule has 1 aromatic rings. The van der Waals surface area contributed by atoms with Crippen molar-refractivity contribution in [3.63, 3.8) is 0 Å². The van der Waals surface area contributed by atoms with E-state index in [0.29, 0.717) is 31.5 Å². The number of nitrogens with one attached hydrogen (secondary N) is 2. The lowest BCUT2D eigenvalue weighted by Crippen LogP contribution is -2.31. The fourth-order valence-electron chi connectivity index (χ4n) is 2.01. The number of guanidine groups is 1. The summed E-state index contributed by atoms with van der Waals surface area (Å²) in [6.45, 7) is 4.10. The second-order valence-electron chi connectivity index (χ2n) is 5.23. The number of halogens is 1. The van der Waals surface area contributed by atoms with Crippen molar-refractivity contribution >= 4 is 45.5 Å². The number of nitrogens with zero attached hydrogens (tertiary/aromatic N) is 1. The van der Waals surface area contributed by atoms with E-state index >= 15 is 0 Å². The van der Waals surface area contributed by atoms with Crippen molar-refractivity contribution in [1.82, 2.24) is 5.32 Å². The van der Waals surface area contributed by atoms with Gasteiger partial charge in [0.15, 0.2) is 17.5 Å². The summed E-state index contributed by atoms with van der Waals surface area (Å²) in [5, 5.41) is 6.23. The fourth-order valence-corrected chi connectivity index (χ4v) is 2.43. The Morgan fingerprint density at radius 1 is 1.25 bits per heavy atom. The van der Waals surface area contributed by atoms with Crippen LogP contribution in [0.1, 0.15) is 13.3 Å². The van der Waals surface area contributed by atoms with Gasteiger partial charge < -0.3 is 20.1 Å². The molecule has 1 heterocycles. The van der Waals surface area contributed by atoms with Gasteiger partial charge in [-0.2, -0.15) is 0 Å². The standard InChI is InChI=1S/C15H23N3O4S.HI/c1-3-16-15(17-7-10-23(2,19)20)18-12-5-6-13-14(11-12)22-9-4-8-21-13;/h5-6,11H,3-4,7-10H2,1-2H3,(H2,16,17,18);1H. The SMILES string of the molecule is CCNC(=NCCS(C)(=O)=O)Nc1ccc2c(c1)OCCCO2.I. The van der Waals surface area contributed by atoms with Gasteiger partial charge in [0.2, 0.25) is 0 Å². The van der Waals surface area contributed by atoms with E-state index in [0.717, 1.165) is 17.9 Å². The van der Waals surface area contributed by atoms with Crippen LogP contribution in [0.5, 0.6) is 11.5 Å². The molecule has 0 amide bonds. The lowest BCUT2D eigenvalue weighted by Gasteiger charge is -2.13. The number of anilines is 1. The largest absolute Gasteiger partial charge is 0.490 e. The minimum Gasteiger partial charge on any atom is -0.490 e. The van der Waals surface area contributed by atoms with E-state index in [1.807, 2.05) is 25.1 Å². The lowest BCUT2D eigenvalue weighted by atomic mass is 10.3. The number of ether oxygens (including phenoxy) is 2. The molecule has 0 radical (unpaired) electrons. The van der Waals surface area contributed by atoms with Crippen molar-refractivity contribution in [2.45, 2.75) is 13.3 Å². The Morgan fingerprint density at radius 3 is 2.62 bits per heavy atom. The molecular weight excluding hydrogens is 445 g/mol. The van der Waals surface area contributed by atoms with Crippen molar-refractivity contribution in [3.05, 3.63) is 18.2 Å². The highest BCUT2D eigenvalue weighted by atomic mass is 127. The van der Waals surface area contributed by atoms with Crippen LogP contribution in [0.25, 0.3) is 0 Å². The van der Waals surface area contributed by atoms with E-state index < -0.39 is 9.84 Å². The van der Waals surface area contributed by atoms with Gasteiger partial charge >= 0.3 is 0 Å². The van der Waals surface area contributed by atoms with Gasteiger partial charge in [-0.25, -0.2) is 8.42 Å². The predicted octanol–water partition coefficient (Wildman–Crippen LogP) is 1.89. The van der Waals surface area contributed by atoms with Gasteiger partial charge in [0.05, 0.1) is 25.5 Å². The average molecular weight is 469 g/mol. The molecule has 0 aliphatic carbocycles. The van der Waals surface area contributed by atoms with Crippen molar-refractivity contribution in [2.24, 2.45) is 4.99 Å². The Kier molecular flexibility index (Phi) is 8.60. The number of hydrogen-bond acceptors (Lipinski definition) is 5. The summed E-state index contributed by atoms with van der Waals surface area (Å²) in [6.07, 6.45) is 2.06. The van der Waals surface area contributed by atoms with E-state index in [-0.39, 0.29) is 36.3 Å². The summed E-state index contributed by atoms with van der Waals surface area (Å²) in [5.74, 6) is 1.97. The molecule has 136 valence electrons. The first-order valence-electron chi connectivity index (χ1n) is 7.60. The predicted molar refractivity (Wildman–Crippen MR) is 107 cm³/mol. The van der Waals surface area contributed by atoms with Crippen LogP contribution < -0.4 is 20.1 Å². The maximum atomic E-state index is 11.2. The molecule has 0 atom stereocenters. The molecule has 0 saturated carbocycles. The highest BCUT2D eigenvalue weighted by Gasteiger charge is 2.11. The van der Waals surface area contributed by atoms with Crippen LogP contribution in [-0.4, -0.2) is 52.7 Å². The van der Waals surface area contributed by atoms with Crippen molar-refractivity contribution in [3.8, 4) is 11.5 Å². The van der Waals surface area contributed by atoms with E-state index in [1.54, 1.807) is 0 Å². The zero-order valence-corrected chi connectivity index (χ0v) is 17.0. The zero-order chi connectivity index (χ0) is 16.7. The second kappa shape index (κ2) is 9.92. The van der Waals surface area contributed by atoms with Crippen molar-refractivity contribution in [1.29, 1.82) is 0 Å². The van der Waals surface area contributed by atoms with Crippen LogP contribution in [0.3, 0.4) is 0 Å². The summed E-state index contributed by atoms with van der Waals surface area (Å²) < 4.78 is 33.6. The molecule has 2 N–H and O–H groups in total. The molecule has 0 spiro atoms. The Balaban J connectivity index is 0.00000288. The third-order valence-electron chi connectivity index (χ3n) is 3.09. The monoisotopic (exact) mass is 469 g/mol. The van der Waals surface area contributed by atoms with E-state index in [1.165, 1.54) is 6.26 Å². The second-order valence-corrected chi connectivity index (χ2v) is 7.49. The summed E-state index contributed by atoms with van der Waals surface area (Å²) in [5.41, 5.74) is 0.799. The van der Waals surface area contributed by atoms with E-state index in [4.69, 9.17) is 9.47 Å². The van der Waals surface area contributed by atoms with Crippen molar-refractivity contribution in [2.75, 3.05) is 43.6 Å². The third kappa shape index (κ3) is 7.12. The maximum Gasteiger partial charge on any atom is 0.195 e. The van der Waals surface area contributed by atoms with Crippen LogP contribution in [0.2, 0.25) is 0 Å². The first kappa shape index (κ1) is 20.8. The van der Waals surface area contributed by atoms with Gasteiger partial charge in [0.1, 0.15) is 9.84 Å². The topological polar surface area (TPSA) is 89.0 Å². The molecule has 0 saturated heterocycles. The third-order valence-corrected chi connectivity index (χ3v) is 4.01. The molecule has 7 nitrogen and oxygen atoms in total. The van der Waals surface area contributed by atoms with Gasteiger partial charge in [0.25, 0.3) is 0 Å². The molecule has 0 aromatic heterocycles. The number of rotatable bonds is 5. The molecular formula is C15H24IN3O4S. The summed E-state index contributed by atoms with van der Waals surface area (Å²) in [6, 6.07) is 5.57. The summed E-state index contributed by atoms with van der Waals surface area (Å²) in [4.78, 5) is 4.27. The highest BCUT2D eigenvalue weighted by Crippen LogP contribution is 2.32. The number of benzene rings is 1. The Bertz CT molecular complexity index is 665. The smallest absolute Gasteiger partial charge is 0.195 e. The minimum atomic E-state index is -3.02. The molecule has 24 heavy (non-hydrogen) atoms. The highest BCUT2D eigenvalue weighted by molar-refractivity contribution is 14.0. The van der Waals surface area contributed by atoms with E-state index in [2.05, 4.69) is 15.6 Å². The molecule has 1 aliphatic heterocycles. The van der Waals surface area contributed by atoms with E-state index in [9.17, 15) is 8.42 Å². The molecule has 2 rings (SSSR count). The molecule has 0 unspecified atom stereocenters. The van der Waals surface area contributed by atoms with Crippen LogP contribution in [0.15, 0.2) is 23.2 Å². The molecule has 9 heteroatoms. The molecule has 0 fully saturated rings. The summed E-state index contributed by atoms with van der Waals surface area (Å²) in [7, 11) is -3.02. The first-order chi connectivity index (χ1) is 11.0. The van der Waals surface area contributed by atoms with Gasteiger partial charge in [-0.3, -0.25) is 4.99 Å². The Labute approximate surface area is 160 Å². The molecule has 1 aliphatic rings. The fraction of sp³-hybridized carbons (Fsp3) is 0.533. The number of sulfone groups is 1. The number of aliphatic imine (C=N–C) groups is 1. The Morgan fingerprint density at radius 2 is 1.96 bits per heavy atom. The van der Waals surface area contributed by atoms with Gasteiger partial charge in [-0.1, -0.05) is 0 Å². The summed E-state index contributed by atoms with van der Waals surface area (Å²) >= 11 is 0. The molecule has 0 bridgehead atoms. The van der Waals surface area contributed by atoms with Crippen LogP contribution in [0.4, 0.5) is 5.69 Å². The van der Waals surface area contributed by atoms with Crippen LogP contribution in [0, 0.1) is 0 Å². The lowest BCUT2D eigenvalue weighted by molar-refractivity contribution is 0.297. The van der Waals surface area contributed by atoms with Crippen LogP contribution in [-0.2, 0) is 9.84 Å². The Hall–Kier alpha value is -1.23. The molecule has 1 aromatic carbocycles. The van der Waals surface area contributed by atoms with Crippen molar-refractivity contribution < 1.29 is 17.9 Å². The zero-order valence-electron chi connectivity index (χ0n) is 13.9. The number of hydrogen-bond donors (Lipinski definition) is 2. The van der Waals surface area contributed by atoms with Gasteiger partial charge in [0, 0.05) is 31.0 Å². The normalized spacial score (nSPS) is 14.3. The van der Waals surface area contributed by atoms with Crippen LogP contribution >= 0.6 is 24.0 Å². The maximum absolute atomic E-state index is 11.2. The first-order valence-corrected chi connectivity index (χ1v) is 9.66. The van der Waals surface area contributed by atoms with Gasteiger partial charge in [-0.05, 0) is 19.1 Å². The average Bonchev–Trinajstić information content (AvgIpc) is 2.71. The minimum absolute atomic E-state index is 0. The number of fused-ring (bicyclic) bond motifs is 1.